The zero-order chi connectivity index (χ0) is 10.5. The highest BCUT2D eigenvalue weighted by Crippen LogP contribution is 2.23. The summed E-state index contributed by atoms with van der Waals surface area (Å²) >= 11 is 0. The van der Waals surface area contributed by atoms with Crippen LogP contribution in [0.3, 0.4) is 0 Å². The van der Waals surface area contributed by atoms with Crippen molar-refractivity contribution in [2.24, 2.45) is 0 Å². The molecular weight excluding hydrogens is 188 g/mol. The van der Waals surface area contributed by atoms with Crippen LogP contribution in [-0.2, 0) is 0 Å². The molecule has 1 fully saturated rings. The lowest BCUT2D eigenvalue weighted by Crippen LogP contribution is -2.35. The average molecular weight is 206 g/mol. The van der Waals surface area contributed by atoms with Crippen molar-refractivity contribution in [3.8, 4) is 0 Å². The molecule has 0 aliphatic carbocycles. The van der Waals surface area contributed by atoms with Gasteiger partial charge in [0.15, 0.2) is 0 Å². The van der Waals surface area contributed by atoms with E-state index >= 15 is 0 Å². The molecule has 0 saturated carbocycles. The van der Waals surface area contributed by atoms with Crippen molar-refractivity contribution in [3.05, 3.63) is 30.1 Å². The lowest BCUT2D eigenvalue weighted by molar-refractivity contribution is 0.104. The van der Waals surface area contributed by atoms with Gasteiger partial charge in [0.25, 0.3) is 0 Å². The standard InChI is InChI=1S/C12H18N2O/c15-10-12(11-4-6-13-7-5-11)14-8-2-1-3-9-14/h4-7,12,15H,1-3,8-10H2/t12-/m1/s1. The Morgan fingerprint density at radius 2 is 1.87 bits per heavy atom. The van der Waals surface area contributed by atoms with Crippen LogP contribution in [0.2, 0.25) is 0 Å². The molecule has 3 nitrogen and oxygen atoms in total. The Morgan fingerprint density at radius 3 is 2.47 bits per heavy atom. The van der Waals surface area contributed by atoms with Crippen LogP contribution >= 0.6 is 0 Å². The summed E-state index contributed by atoms with van der Waals surface area (Å²) in [4.78, 5) is 6.38. The Hall–Kier alpha value is -0.930. The SMILES string of the molecule is OC[C@H](c1ccncc1)N1CCCCC1. The average Bonchev–Trinajstić information content (AvgIpc) is 2.33. The maximum absolute atomic E-state index is 9.47. The number of hydrogen-bond donors (Lipinski definition) is 1. The third kappa shape index (κ3) is 2.55. The van der Waals surface area contributed by atoms with Crippen molar-refractivity contribution in [1.29, 1.82) is 0 Å². The molecule has 2 rings (SSSR count). The van der Waals surface area contributed by atoms with Gasteiger partial charge >= 0.3 is 0 Å². The monoisotopic (exact) mass is 206 g/mol. The van der Waals surface area contributed by atoms with E-state index in [2.05, 4.69) is 9.88 Å². The summed E-state index contributed by atoms with van der Waals surface area (Å²) in [6.45, 7) is 2.41. The van der Waals surface area contributed by atoms with Gasteiger partial charge in [-0.3, -0.25) is 9.88 Å². The van der Waals surface area contributed by atoms with Crippen LogP contribution in [0.1, 0.15) is 30.9 Å². The maximum atomic E-state index is 9.47. The molecule has 2 heterocycles. The van der Waals surface area contributed by atoms with Crippen molar-refractivity contribution in [3.63, 3.8) is 0 Å². The van der Waals surface area contributed by atoms with E-state index in [1.165, 1.54) is 24.8 Å². The summed E-state index contributed by atoms with van der Waals surface area (Å²) in [6, 6.07) is 4.15. The molecule has 15 heavy (non-hydrogen) atoms. The Balaban J connectivity index is 2.09. The zero-order valence-corrected chi connectivity index (χ0v) is 8.97. The summed E-state index contributed by atoms with van der Waals surface area (Å²) in [7, 11) is 0. The summed E-state index contributed by atoms with van der Waals surface area (Å²) in [6.07, 6.45) is 7.41. The highest BCUT2D eigenvalue weighted by molar-refractivity contribution is 5.15. The molecule has 0 aromatic carbocycles. The van der Waals surface area contributed by atoms with Gasteiger partial charge in [-0.05, 0) is 43.6 Å². The molecule has 1 saturated heterocycles. The molecule has 0 unspecified atom stereocenters. The molecule has 3 heteroatoms. The van der Waals surface area contributed by atoms with Gasteiger partial charge < -0.3 is 5.11 Å². The molecule has 0 amide bonds. The molecule has 0 radical (unpaired) electrons. The van der Waals surface area contributed by atoms with Crippen molar-refractivity contribution in [1.82, 2.24) is 9.88 Å². The van der Waals surface area contributed by atoms with E-state index in [9.17, 15) is 5.11 Å². The Bertz CT molecular complexity index is 283. The van der Waals surface area contributed by atoms with E-state index in [1.54, 1.807) is 12.4 Å². The van der Waals surface area contributed by atoms with Crippen LogP contribution in [-0.4, -0.2) is 34.7 Å². The van der Waals surface area contributed by atoms with E-state index in [1.807, 2.05) is 12.1 Å². The predicted molar refractivity (Wildman–Crippen MR) is 59.5 cm³/mol. The number of nitrogens with zero attached hydrogens (tertiary/aromatic N) is 2. The fourth-order valence-electron chi connectivity index (χ4n) is 2.25. The third-order valence-electron chi connectivity index (χ3n) is 3.10. The molecule has 1 aliphatic heterocycles. The molecule has 1 aromatic rings. The molecule has 1 aliphatic rings. The number of aromatic nitrogens is 1. The van der Waals surface area contributed by atoms with Gasteiger partial charge in [-0.25, -0.2) is 0 Å². The lowest BCUT2D eigenvalue weighted by Gasteiger charge is -2.33. The van der Waals surface area contributed by atoms with Crippen LogP contribution in [0.4, 0.5) is 0 Å². The first-order valence-electron chi connectivity index (χ1n) is 5.66. The Morgan fingerprint density at radius 1 is 1.20 bits per heavy atom. The van der Waals surface area contributed by atoms with E-state index in [-0.39, 0.29) is 12.6 Å². The summed E-state index contributed by atoms with van der Waals surface area (Å²) in [5.74, 6) is 0. The fourth-order valence-corrected chi connectivity index (χ4v) is 2.25. The number of hydrogen-bond acceptors (Lipinski definition) is 3. The number of rotatable bonds is 3. The predicted octanol–water partition coefficient (Wildman–Crippen LogP) is 1.60. The van der Waals surface area contributed by atoms with E-state index < -0.39 is 0 Å². The number of piperidine rings is 1. The normalized spacial score (nSPS) is 20.1. The minimum absolute atomic E-state index is 0.160. The third-order valence-corrected chi connectivity index (χ3v) is 3.10. The van der Waals surface area contributed by atoms with Crippen LogP contribution in [0.5, 0.6) is 0 Å². The molecule has 1 aromatic heterocycles. The molecule has 0 spiro atoms. The topological polar surface area (TPSA) is 36.4 Å². The Kier molecular flexibility index (Phi) is 3.69. The quantitative estimate of drug-likeness (QED) is 0.816. The fraction of sp³-hybridized carbons (Fsp3) is 0.583. The molecule has 1 atom stereocenters. The van der Waals surface area contributed by atoms with Crippen molar-refractivity contribution in [2.75, 3.05) is 19.7 Å². The second-order valence-corrected chi connectivity index (χ2v) is 4.08. The molecule has 1 N–H and O–H groups in total. The van der Waals surface area contributed by atoms with E-state index in [0.29, 0.717) is 0 Å². The number of likely N-dealkylation sites (tertiary alicyclic amines) is 1. The van der Waals surface area contributed by atoms with Crippen LogP contribution < -0.4 is 0 Å². The van der Waals surface area contributed by atoms with Gasteiger partial charge in [-0.1, -0.05) is 6.42 Å². The molecule has 0 bridgehead atoms. The van der Waals surface area contributed by atoms with Gasteiger partial charge in [-0.2, -0.15) is 0 Å². The van der Waals surface area contributed by atoms with Gasteiger partial charge in [0.1, 0.15) is 0 Å². The van der Waals surface area contributed by atoms with Crippen LogP contribution in [0.25, 0.3) is 0 Å². The largest absolute Gasteiger partial charge is 0.394 e. The minimum Gasteiger partial charge on any atom is -0.394 e. The number of pyridine rings is 1. The highest BCUT2D eigenvalue weighted by atomic mass is 16.3. The van der Waals surface area contributed by atoms with Crippen LogP contribution in [0, 0.1) is 0 Å². The smallest absolute Gasteiger partial charge is 0.0628 e. The molecule has 82 valence electrons. The second kappa shape index (κ2) is 5.24. The first kappa shape index (κ1) is 10.6. The Labute approximate surface area is 90.8 Å². The zero-order valence-electron chi connectivity index (χ0n) is 8.97. The first-order chi connectivity index (χ1) is 7.42. The van der Waals surface area contributed by atoms with Gasteiger partial charge in [0.2, 0.25) is 0 Å². The van der Waals surface area contributed by atoms with Gasteiger partial charge in [-0.15, -0.1) is 0 Å². The van der Waals surface area contributed by atoms with E-state index in [4.69, 9.17) is 0 Å². The van der Waals surface area contributed by atoms with Crippen molar-refractivity contribution in [2.45, 2.75) is 25.3 Å². The lowest BCUT2D eigenvalue weighted by atomic mass is 10.0. The van der Waals surface area contributed by atoms with Crippen LogP contribution in [0.15, 0.2) is 24.5 Å². The van der Waals surface area contributed by atoms with Crippen molar-refractivity contribution >= 4 is 0 Å². The van der Waals surface area contributed by atoms with E-state index in [0.717, 1.165) is 13.1 Å². The summed E-state index contributed by atoms with van der Waals surface area (Å²) < 4.78 is 0. The van der Waals surface area contributed by atoms with Gasteiger partial charge in [0, 0.05) is 12.4 Å². The molecular formula is C12H18N2O. The summed E-state index contributed by atoms with van der Waals surface area (Å²) in [5.41, 5.74) is 1.18. The maximum Gasteiger partial charge on any atom is 0.0628 e. The minimum atomic E-state index is 0.160. The second-order valence-electron chi connectivity index (χ2n) is 4.08. The summed E-state index contributed by atoms with van der Waals surface area (Å²) in [5, 5.41) is 9.47. The highest BCUT2D eigenvalue weighted by Gasteiger charge is 2.20. The van der Waals surface area contributed by atoms with Crippen molar-refractivity contribution < 1.29 is 5.11 Å². The number of aliphatic hydroxyl groups excluding tert-OH is 1. The number of aliphatic hydroxyl groups is 1. The van der Waals surface area contributed by atoms with Gasteiger partial charge in [0.05, 0.1) is 12.6 Å². The first-order valence-corrected chi connectivity index (χ1v) is 5.66.